The van der Waals surface area contributed by atoms with Gasteiger partial charge in [0.05, 0.1) is 12.7 Å². The lowest BCUT2D eigenvalue weighted by molar-refractivity contribution is 0.0602. The molecule has 0 saturated heterocycles. The molecule has 3 aromatic heterocycles. The molecular formula is C14H12N4O3S. The third-order valence-electron chi connectivity index (χ3n) is 2.96. The molecular weight excluding hydrogens is 304 g/mol. The van der Waals surface area contributed by atoms with E-state index >= 15 is 0 Å². The number of anilines is 1. The molecule has 112 valence electrons. The fraction of sp³-hybridized carbons (Fsp3) is 0.143. The van der Waals surface area contributed by atoms with Gasteiger partial charge in [0, 0.05) is 23.3 Å². The van der Waals surface area contributed by atoms with Crippen LogP contribution in [0, 0.1) is 6.92 Å². The minimum Gasteiger partial charge on any atom is -0.465 e. The monoisotopic (exact) mass is 316 g/mol. The van der Waals surface area contributed by atoms with E-state index < -0.39 is 11.9 Å². The predicted molar refractivity (Wildman–Crippen MR) is 81.3 cm³/mol. The van der Waals surface area contributed by atoms with E-state index in [0.29, 0.717) is 16.2 Å². The second-order valence-corrected chi connectivity index (χ2v) is 5.75. The van der Waals surface area contributed by atoms with Gasteiger partial charge in [0.15, 0.2) is 11.3 Å². The maximum absolute atomic E-state index is 12.3. The van der Waals surface area contributed by atoms with Crippen LogP contribution in [0.5, 0.6) is 0 Å². The van der Waals surface area contributed by atoms with Crippen molar-refractivity contribution in [3.05, 3.63) is 46.7 Å². The maximum Gasteiger partial charge on any atom is 0.340 e. The van der Waals surface area contributed by atoms with Crippen LogP contribution in [0.25, 0.3) is 5.65 Å². The molecule has 1 amide bonds. The molecule has 22 heavy (non-hydrogen) atoms. The fourth-order valence-corrected chi connectivity index (χ4v) is 2.87. The van der Waals surface area contributed by atoms with Gasteiger partial charge in [0.1, 0.15) is 5.00 Å². The topological polar surface area (TPSA) is 85.6 Å². The molecule has 0 aromatic carbocycles. The number of thiophene rings is 1. The summed E-state index contributed by atoms with van der Waals surface area (Å²) in [7, 11) is 1.30. The van der Waals surface area contributed by atoms with Crippen LogP contribution in [0.15, 0.2) is 30.6 Å². The predicted octanol–water partition coefficient (Wildman–Crippen LogP) is 2.14. The SMILES string of the molecule is COC(=O)c1cc(C)sc1NC(=O)c1cc2ncccn2n1. The Hall–Kier alpha value is -2.74. The zero-order chi connectivity index (χ0) is 15.7. The molecule has 8 heteroatoms. The molecule has 0 atom stereocenters. The number of nitrogens with one attached hydrogen (secondary N) is 1. The standard InChI is InChI=1S/C14H12N4O3S/c1-8-6-9(14(20)21-2)13(22-8)16-12(19)10-7-11-15-4-3-5-18(11)17-10/h3-7H,1-2H3,(H,16,19). The number of carbonyl (C=O) groups excluding carboxylic acids is 2. The average molecular weight is 316 g/mol. The highest BCUT2D eigenvalue weighted by molar-refractivity contribution is 7.16. The number of methoxy groups -OCH3 is 1. The minimum atomic E-state index is -0.490. The third kappa shape index (κ3) is 2.56. The zero-order valence-electron chi connectivity index (χ0n) is 11.9. The summed E-state index contributed by atoms with van der Waals surface area (Å²) in [6, 6.07) is 4.98. The molecule has 0 bridgehead atoms. The number of rotatable bonds is 3. The maximum atomic E-state index is 12.3. The normalized spacial score (nSPS) is 10.6. The van der Waals surface area contributed by atoms with Crippen molar-refractivity contribution in [2.45, 2.75) is 6.92 Å². The molecule has 3 heterocycles. The molecule has 0 saturated carbocycles. The minimum absolute atomic E-state index is 0.223. The molecule has 0 aliphatic heterocycles. The zero-order valence-corrected chi connectivity index (χ0v) is 12.7. The summed E-state index contributed by atoms with van der Waals surface area (Å²) in [4.78, 5) is 29.0. The van der Waals surface area contributed by atoms with Crippen LogP contribution in [0.4, 0.5) is 5.00 Å². The largest absolute Gasteiger partial charge is 0.465 e. The molecule has 7 nitrogen and oxygen atoms in total. The lowest BCUT2D eigenvalue weighted by atomic mass is 10.3. The van der Waals surface area contributed by atoms with Crippen molar-refractivity contribution in [2.24, 2.45) is 0 Å². The fourth-order valence-electron chi connectivity index (χ4n) is 1.98. The Labute approximate surface area is 129 Å². The van der Waals surface area contributed by atoms with Crippen molar-refractivity contribution < 1.29 is 14.3 Å². The summed E-state index contributed by atoms with van der Waals surface area (Å²) in [6.07, 6.45) is 3.32. The van der Waals surface area contributed by atoms with E-state index in [4.69, 9.17) is 4.74 Å². The van der Waals surface area contributed by atoms with E-state index in [2.05, 4.69) is 15.4 Å². The summed E-state index contributed by atoms with van der Waals surface area (Å²) >= 11 is 1.30. The number of hydrogen-bond donors (Lipinski definition) is 1. The van der Waals surface area contributed by atoms with Crippen molar-refractivity contribution in [2.75, 3.05) is 12.4 Å². The van der Waals surface area contributed by atoms with E-state index in [9.17, 15) is 9.59 Å². The van der Waals surface area contributed by atoms with Gasteiger partial charge in [-0.3, -0.25) is 4.79 Å². The molecule has 0 unspecified atom stereocenters. The Kier molecular flexibility index (Phi) is 3.60. The summed E-state index contributed by atoms with van der Waals surface area (Å²) in [5.41, 5.74) is 1.13. The summed E-state index contributed by atoms with van der Waals surface area (Å²) in [5, 5.41) is 7.28. The van der Waals surface area contributed by atoms with E-state index in [1.807, 2.05) is 6.92 Å². The molecule has 1 N–H and O–H groups in total. The number of aromatic nitrogens is 3. The van der Waals surface area contributed by atoms with Crippen molar-refractivity contribution in [1.29, 1.82) is 0 Å². The Bertz CT molecular complexity index is 835. The molecule has 3 aromatic rings. The first-order chi connectivity index (χ1) is 10.6. The number of nitrogens with zero attached hydrogens (tertiary/aromatic N) is 3. The number of fused-ring (bicyclic) bond motifs is 1. The molecule has 0 radical (unpaired) electrons. The van der Waals surface area contributed by atoms with E-state index in [0.717, 1.165) is 4.88 Å². The second kappa shape index (κ2) is 5.57. The third-order valence-corrected chi connectivity index (χ3v) is 3.92. The van der Waals surface area contributed by atoms with Crippen molar-refractivity contribution in [1.82, 2.24) is 14.6 Å². The van der Waals surface area contributed by atoms with Gasteiger partial charge in [0.2, 0.25) is 0 Å². The molecule has 0 fully saturated rings. The van der Waals surface area contributed by atoms with Gasteiger partial charge >= 0.3 is 5.97 Å². The molecule has 0 aliphatic carbocycles. The van der Waals surface area contributed by atoms with Crippen molar-refractivity contribution >= 4 is 33.9 Å². The number of carbonyl (C=O) groups is 2. The number of aryl methyl sites for hydroxylation is 1. The Balaban J connectivity index is 1.89. The summed E-state index contributed by atoms with van der Waals surface area (Å²) in [5.74, 6) is -0.895. The highest BCUT2D eigenvalue weighted by atomic mass is 32.1. The first kappa shape index (κ1) is 14.2. The van der Waals surface area contributed by atoms with E-state index in [1.54, 1.807) is 30.6 Å². The Morgan fingerprint density at radius 1 is 1.36 bits per heavy atom. The smallest absolute Gasteiger partial charge is 0.340 e. The van der Waals surface area contributed by atoms with Gasteiger partial charge in [0.25, 0.3) is 5.91 Å². The number of hydrogen-bond acceptors (Lipinski definition) is 6. The van der Waals surface area contributed by atoms with Crippen molar-refractivity contribution in [3.8, 4) is 0 Å². The first-order valence-corrected chi connectivity index (χ1v) is 7.20. The molecule has 3 rings (SSSR count). The summed E-state index contributed by atoms with van der Waals surface area (Å²) < 4.78 is 6.22. The van der Waals surface area contributed by atoms with Gasteiger partial charge in [-0.1, -0.05) is 0 Å². The number of ether oxygens (including phenoxy) is 1. The number of amides is 1. The van der Waals surface area contributed by atoms with Gasteiger partial charge in [-0.25, -0.2) is 14.3 Å². The first-order valence-electron chi connectivity index (χ1n) is 6.39. The van der Waals surface area contributed by atoms with Gasteiger partial charge in [-0.05, 0) is 19.1 Å². The van der Waals surface area contributed by atoms with E-state index in [1.165, 1.54) is 23.0 Å². The highest BCUT2D eigenvalue weighted by Crippen LogP contribution is 2.28. The van der Waals surface area contributed by atoms with Crippen LogP contribution in [0.1, 0.15) is 25.7 Å². The van der Waals surface area contributed by atoms with Crippen LogP contribution in [0.2, 0.25) is 0 Å². The Morgan fingerprint density at radius 2 is 2.18 bits per heavy atom. The number of esters is 1. The summed E-state index contributed by atoms with van der Waals surface area (Å²) in [6.45, 7) is 1.85. The van der Waals surface area contributed by atoms with E-state index in [-0.39, 0.29) is 5.69 Å². The highest BCUT2D eigenvalue weighted by Gasteiger charge is 2.19. The van der Waals surface area contributed by atoms with Gasteiger partial charge < -0.3 is 10.1 Å². The van der Waals surface area contributed by atoms with Crippen LogP contribution < -0.4 is 5.32 Å². The Morgan fingerprint density at radius 3 is 2.91 bits per heavy atom. The lowest BCUT2D eigenvalue weighted by Gasteiger charge is -2.03. The lowest BCUT2D eigenvalue weighted by Crippen LogP contribution is -2.14. The molecule has 0 aliphatic rings. The van der Waals surface area contributed by atoms with Gasteiger partial charge in [-0.2, -0.15) is 5.10 Å². The van der Waals surface area contributed by atoms with Crippen LogP contribution in [-0.2, 0) is 4.74 Å². The average Bonchev–Trinajstić information content (AvgIpc) is 3.09. The van der Waals surface area contributed by atoms with Crippen molar-refractivity contribution in [3.63, 3.8) is 0 Å². The molecule has 0 spiro atoms. The van der Waals surface area contributed by atoms with Crippen LogP contribution in [-0.4, -0.2) is 33.6 Å². The van der Waals surface area contributed by atoms with Gasteiger partial charge in [-0.15, -0.1) is 11.3 Å². The second-order valence-electron chi connectivity index (χ2n) is 4.50. The van der Waals surface area contributed by atoms with Crippen LogP contribution in [0.3, 0.4) is 0 Å². The quantitative estimate of drug-likeness (QED) is 0.748. The van der Waals surface area contributed by atoms with Crippen LogP contribution >= 0.6 is 11.3 Å².